The third-order valence-electron chi connectivity index (χ3n) is 2.56. The third-order valence-corrected chi connectivity index (χ3v) is 4.35. The summed E-state index contributed by atoms with van der Waals surface area (Å²) < 4.78 is 6.42. The minimum Gasteiger partial charge on any atom is -0.493 e. The highest BCUT2D eigenvalue weighted by Gasteiger charge is 2.08. The number of benzene rings is 1. The first kappa shape index (κ1) is 15.8. The number of carbonyl (C=O) groups is 2. The molecule has 1 aromatic carbocycles. The Labute approximate surface area is 139 Å². The molecule has 0 saturated carbocycles. The quantitative estimate of drug-likeness (QED) is 0.711. The molecule has 0 aliphatic rings. The topological polar surface area (TPSA) is 81.4 Å². The van der Waals surface area contributed by atoms with Crippen molar-refractivity contribution in [1.29, 1.82) is 0 Å². The fraction of sp³-hybridized carbons (Fsp3) is 0.143. The van der Waals surface area contributed by atoms with Gasteiger partial charge in [-0.1, -0.05) is 0 Å². The second-order valence-electron chi connectivity index (χ2n) is 4.18. The van der Waals surface area contributed by atoms with Gasteiger partial charge in [0.2, 0.25) is 5.91 Å². The van der Waals surface area contributed by atoms with Crippen LogP contribution in [0.5, 0.6) is 5.75 Å². The summed E-state index contributed by atoms with van der Waals surface area (Å²) in [4.78, 5) is 22.6. The number of ether oxygens (including phenoxy) is 1. The molecule has 7 heteroatoms. The fourth-order valence-electron chi connectivity index (χ4n) is 1.54. The van der Waals surface area contributed by atoms with Crippen molar-refractivity contribution in [2.24, 2.45) is 5.73 Å². The predicted molar refractivity (Wildman–Crippen MR) is 90.7 cm³/mol. The Morgan fingerprint density at radius 2 is 2.00 bits per heavy atom. The Balaban J connectivity index is 1.90. The molecule has 0 spiro atoms. The van der Waals surface area contributed by atoms with E-state index in [-0.39, 0.29) is 18.9 Å². The van der Waals surface area contributed by atoms with Gasteiger partial charge >= 0.3 is 0 Å². The number of hydrogen-bond acceptors (Lipinski definition) is 4. The lowest BCUT2D eigenvalue weighted by atomic mass is 10.2. The lowest BCUT2D eigenvalue weighted by Gasteiger charge is -2.07. The molecule has 1 aromatic heterocycles. The summed E-state index contributed by atoms with van der Waals surface area (Å²) in [5.74, 6) is 0.0835. The van der Waals surface area contributed by atoms with Crippen molar-refractivity contribution in [2.45, 2.75) is 6.42 Å². The minimum absolute atomic E-state index is 0.142. The molecule has 0 fully saturated rings. The highest BCUT2D eigenvalue weighted by molar-refractivity contribution is 14.1. The van der Waals surface area contributed by atoms with Gasteiger partial charge in [0, 0.05) is 11.1 Å². The van der Waals surface area contributed by atoms with E-state index in [1.807, 2.05) is 11.4 Å². The Morgan fingerprint density at radius 3 is 2.57 bits per heavy atom. The first-order valence-electron chi connectivity index (χ1n) is 6.11. The average molecular weight is 416 g/mol. The predicted octanol–water partition coefficient (Wildman–Crippen LogP) is 2.86. The molecule has 0 atom stereocenters. The van der Waals surface area contributed by atoms with Crippen LogP contribution in [0.25, 0.3) is 0 Å². The first-order valence-corrected chi connectivity index (χ1v) is 8.07. The molecular formula is C14H13IN2O3S. The van der Waals surface area contributed by atoms with Crippen molar-refractivity contribution in [1.82, 2.24) is 0 Å². The van der Waals surface area contributed by atoms with E-state index >= 15 is 0 Å². The summed E-state index contributed by atoms with van der Waals surface area (Å²) in [6, 6.07) is 8.79. The van der Waals surface area contributed by atoms with Crippen LogP contribution in [0.4, 0.5) is 5.69 Å². The lowest BCUT2D eigenvalue weighted by Crippen LogP contribution is -2.14. The maximum Gasteiger partial charge on any atom is 0.256 e. The zero-order chi connectivity index (χ0) is 15.2. The van der Waals surface area contributed by atoms with Crippen LogP contribution < -0.4 is 15.8 Å². The van der Waals surface area contributed by atoms with Crippen molar-refractivity contribution < 1.29 is 14.3 Å². The molecule has 0 radical (unpaired) electrons. The number of carbonyl (C=O) groups excluding carboxylic acids is 2. The minimum atomic E-state index is -0.399. The number of thiophene rings is 1. The van der Waals surface area contributed by atoms with Gasteiger partial charge in [-0.25, -0.2) is 0 Å². The molecule has 0 unspecified atom stereocenters. The number of hydrogen-bond donors (Lipinski definition) is 2. The van der Waals surface area contributed by atoms with E-state index in [0.717, 1.165) is 2.88 Å². The lowest BCUT2D eigenvalue weighted by molar-refractivity contribution is -0.118. The summed E-state index contributed by atoms with van der Waals surface area (Å²) in [6.45, 7) is 0.244. The van der Waals surface area contributed by atoms with E-state index in [4.69, 9.17) is 10.5 Å². The number of amides is 2. The van der Waals surface area contributed by atoms with Gasteiger partial charge in [-0.05, 0) is 52.9 Å². The molecule has 0 bridgehead atoms. The number of nitrogens with two attached hydrogens (primary N) is 1. The monoisotopic (exact) mass is 416 g/mol. The largest absolute Gasteiger partial charge is 0.493 e. The van der Waals surface area contributed by atoms with Crippen molar-refractivity contribution in [2.75, 3.05) is 11.9 Å². The third kappa shape index (κ3) is 5.01. The molecule has 1 heterocycles. The van der Waals surface area contributed by atoms with E-state index in [1.165, 1.54) is 11.3 Å². The van der Waals surface area contributed by atoms with Crippen molar-refractivity contribution >= 4 is 51.4 Å². The van der Waals surface area contributed by atoms with E-state index in [0.29, 0.717) is 17.0 Å². The zero-order valence-corrected chi connectivity index (χ0v) is 13.9. The molecule has 0 aliphatic carbocycles. The van der Waals surface area contributed by atoms with Gasteiger partial charge in [0.25, 0.3) is 5.91 Å². The van der Waals surface area contributed by atoms with Crippen molar-refractivity contribution in [3.05, 3.63) is 44.2 Å². The van der Waals surface area contributed by atoms with Crippen LogP contribution >= 0.6 is 33.9 Å². The number of primary amides is 1. The first-order chi connectivity index (χ1) is 10.0. The van der Waals surface area contributed by atoms with E-state index in [1.54, 1.807) is 24.3 Å². The van der Waals surface area contributed by atoms with Crippen LogP contribution in [0.3, 0.4) is 0 Å². The Bertz CT molecular complexity index is 640. The molecule has 110 valence electrons. The van der Waals surface area contributed by atoms with E-state index in [2.05, 4.69) is 27.9 Å². The molecule has 0 aliphatic heterocycles. The van der Waals surface area contributed by atoms with Gasteiger partial charge in [-0.2, -0.15) is 0 Å². The summed E-state index contributed by atoms with van der Waals surface area (Å²) in [6.07, 6.45) is 0.176. The maximum atomic E-state index is 12.0. The fourth-order valence-corrected chi connectivity index (χ4v) is 2.86. The van der Waals surface area contributed by atoms with Crippen LogP contribution in [0.2, 0.25) is 0 Å². The van der Waals surface area contributed by atoms with Crippen LogP contribution in [0.1, 0.15) is 16.8 Å². The number of rotatable bonds is 6. The average Bonchev–Trinajstić information content (AvgIpc) is 2.87. The second kappa shape index (κ2) is 7.41. The number of nitrogens with one attached hydrogen (secondary N) is 1. The normalized spacial score (nSPS) is 10.1. The van der Waals surface area contributed by atoms with Crippen molar-refractivity contribution in [3.63, 3.8) is 0 Å². The second-order valence-corrected chi connectivity index (χ2v) is 6.99. The Kier molecular flexibility index (Phi) is 5.57. The molecule has 2 amide bonds. The maximum absolute atomic E-state index is 12.0. The van der Waals surface area contributed by atoms with Gasteiger partial charge in [0.15, 0.2) is 0 Å². The molecule has 5 nitrogen and oxygen atoms in total. The van der Waals surface area contributed by atoms with Gasteiger partial charge in [-0.3, -0.25) is 9.59 Å². The van der Waals surface area contributed by atoms with Gasteiger partial charge in [0.1, 0.15) is 5.75 Å². The summed E-state index contributed by atoms with van der Waals surface area (Å²) in [5, 5.41) is 4.63. The smallest absolute Gasteiger partial charge is 0.256 e. The summed E-state index contributed by atoms with van der Waals surface area (Å²) in [5.41, 5.74) is 6.35. The van der Waals surface area contributed by atoms with Crippen LogP contribution in [-0.2, 0) is 4.79 Å². The number of halogens is 1. The zero-order valence-electron chi connectivity index (χ0n) is 11.0. The van der Waals surface area contributed by atoms with Crippen LogP contribution in [0, 0.1) is 2.88 Å². The molecule has 2 aromatic rings. The van der Waals surface area contributed by atoms with Gasteiger partial charge in [-0.15, -0.1) is 11.3 Å². The van der Waals surface area contributed by atoms with Gasteiger partial charge in [0.05, 0.1) is 21.5 Å². The van der Waals surface area contributed by atoms with Crippen LogP contribution in [-0.4, -0.2) is 18.4 Å². The highest BCUT2D eigenvalue weighted by atomic mass is 127. The molecule has 21 heavy (non-hydrogen) atoms. The Hall–Kier alpha value is -1.61. The molecule has 3 N–H and O–H groups in total. The standard InChI is InChI=1S/C14H13IN2O3S/c15-12-7-9(8-21-12)14(19)17-10-1-3-11(4-2-10)20-6-5-13(16)18/h1-4,7-8H,5-6H2,(H2,16,18)(H,17,19). The molecular weight excluding hydrogens is 403 g/mol. The van der Waals surface area contributed by atoms with E-state index in [9.17, 15) is 9.59 Å². The molecule has 2 rings (SSSR count). The summed E-state index contributed by atoms with van der Waals surface area (Å²) >= 11 is 3.70. The SMILES string of the molecule is NC(=O)CCOc1ccc(NC(=O)c2csc(I)c2)cc1. The molecule has 0 saturated heterocycles. The number of anilines is 1. The Morgan fingerprint density at radius 1 is 1.29 bits per heavy atom. The van der Waals surface area contributed by atoms with Crippen LogP contribution in [0.15, 0.2) is 35.7 Å². The highest BCUT2D eigenvalue weighted by Crippen LogP contribution is 2.19. The summed E-state index contributed by atoms with van der Waals surface area (Å²) in [7, 11) is 0. The van der Waals surface area contributed by atoms with Crippen molar-refractivity contribution in [3.8, 4) is 5.75 Å². The van der Waals surface area contributed by atoms with Gasteiger partial charge < -0.3 is 15.8 Å². The van der Waals surface area contributed by atoms with E-state index < -0.39 is 5.91 Å².